The van der Waals surface area contributed by atoms with Gasteiger partial charge in [-0.3, -0.25) is 4.79 Å². The normalized spacial score (nSPS) is 17.2. The zero-order valence-electron chi connectivity index (χ0n) is 21.4. The molecule has 0 aliphatic carbocycles. The summed E-state index contributed by atoms with van der Waals surface area (Å²) in [5.74, 6) is -0.172. The summed E-state index contributed by atoms with van der Waals surface area (Å²) in [6, 6.07) is 15.0. The predicted octanol–water partition coefficient (Wildman–Crippen LogP) is 4.38. The second-order valence-electron chi connectivity index (χ2n) is 9.70. The van der Waals surface area contributed by atoms with Gasteiger partial charge in [-0.2, -0.15) is 0 Å². The monoisotopic (exact) mass is 540 g/mol. The van der Waals surface area contributed by atoms with Crippen LogP contribution in [-0.4, -0.2) is 46.9 Å². The third kappa shape index (κ3) is 6.01. The first kappa shape index (κ1) is 27.6. The number of ether oxygens (including phenoxy) is 1. The number of halogens is 1. The van der Waals surface area contributed by atoms with Crippen molar-refractivity contribution in [3.63, 3.8) is 0 Å². The number of benzene rings is 2. The fourth-order valence-electron chi connectivity index (χ4n) is 5.28. The molecule has 38 heavy (non-hydrogen) atoms. The van der Waals surface area contributed by atoms with E-state index in [1.165, 1.54) is 0 Å². The molecular formula is C28H33ClN4O5. The van der Waals surface area contributed by atoms with E-state index in [1.54, 1.807) is 17.0 Å². The number of amides is 2. The third-order valence-electron chi connectivity index (χ3n) is 7.10. The van der Waals surface area contributed by atoms with Gasteiger partial charge in [0.1, 0.15) is 0 Å². The largest absolute Gasteiger partial charge is 0.450 e. The highest BCUT2D eigenvalue weighted by atomic mass is 35.5. The Hall–Kier alpha value is -3.40. The number of carbonyl (C=O) groups is 2. The summed E-state index contributed by atoms with van der Waals surface area (Å²) >= 11 is 6.75. The van der Waals surface area contributed by atoms with Gasteiger partial charge in [0.2, 0.25) is 0 Å². The molecule has 1 saturated heterocycles. The lowest BCUT2D eigenvalue weighted by Crippen LogP contribution is -2.48. The average Bonchev–Trinajstić information content (AvgIpc) is 3.40. The minimum Gasteiger partial charge on any atom is -0.450 e. The number of aryl methyl sites for hydroxylation is 1. The van der Waals surface area contributed by atoms with Gasteiger partial charge in [-0.1, -0.05) is 58.7 Å². The molecule has 1 fully saturated rings. The summed E-state index contributed by atoms with van der Waals surface area (Å²) in [6.45, 7) is 3.04. The molecule has 0 bridgehead atoms. The lowest BCUT2D eigenvalue weighted by atomic mass is 9.72. The van der Waals surface area contributed by atoms with Crippen LogP contribution in [0.2, 0.25) is 5.02 Å². The number of aromatic nitrogens is 1. The Labute approximate surface area is 226 Å². The Kier molecular flexibility index (Phi) is 8.71. The van der Waals surface area contributed by atoms with Gasteiger partial charge in [0.25, 0.3) is 5.91 Å². The van der Waals surface area contributed by atoms with Gasteiger partial charge in [-0.15, -0.1) is 0 Å². The first-order chi connectivity index (χ1) is 18.2. The van der Waals surface area contributed by atoms with Gasteiger partial charge in [0, 0.05) is 35.7 Å². The van der Waals surface area contributed by atoms with E-state index in [0.717, 1.165) is 16.7 Å². The molecule has 2 atom stereocenters. The van der Waals surface area contributed by atoms with E-state index in [-0.39, 0.29) is 37.1 Å². The van der Waals surface area contributed by atoms with Crippen molar-refractivity contribution in [1.29, 1.82) is 0 Å². The van der Waals surface area contributed by atoms with Crippen molar-refractivity contribution in [1.82, 2.24) is 10.1 Å². The molecule has 2 aromatic carbocycles. The third-order valence-corrected chi connectivity index (χ3v) is 7.41. The van der Waals surface area contributed by atoms with Gasteiger partial charge in [0.05, 0.1) is 18.8 Å². The molecule has 0 saturated carbocycles. The summed E-state index contributed by atoms with van der Waals surface area (Å²) in [6.07, 6.45) is 1.15. The molecule has 2 amide bonds. The van der Waals surface area contributed by atoms with Gasteiger partial charge in [0.15, 0.2) is 11.5 Å². The highest BCUT2D eigenvalue weighted by molar-refractivity contribution is 6.33. The van der Waals surface area contributed by atoms with Crippen LogP contribution < -0.4 is 11.5 Å². The van der Waals surface area contributed by atoms with Crippen LogP contribution in [0, 0.1) is 12.8 Å². The summed E-state index contributed by atoms with van der Waals surface area (Å²) in [7, 11) is 0. The molecule has 2 heterocycles. The van der Waals surface area contributed by atoms with Crippen molar-refractivity contribution in [3.8, 4) is 11.1 Å². The Morgan fingerprint density at radius 1 is 1.26 bits per heavy atom. The fourth-order valence-corrected chi connectivity index (χ4v) is 5.56. The smallest absolute Gasteiger partial charge is 0.404 e. The van der Waals surface area contributed by atoms with Crippen LogP contribution in [0.1, 0.15) is 53.1 Å². The van der Waals surface area contributed by atoms with Crippen LogP contribution in [0.25, 0.3) is 11.1 Å². The molecule has 1 aliphatic rings. The van der Waals surface area contributed by atoms with Gasteiger partial charge < -0.3 is 30.7 Å². The number of rotatable bonds is 9. The SMILES string of the molecule is Cc1cccc(-c2c(Cl)cccc2[C@](O)(CCCOC(N)=O)C2CCCN(C(=O)c3cc(CN)on3)C2)c1. The van der Waals surface area contributed by atoms with Crippen LogP contribution in [0.3, 0.4) is 0 Å². The summed E-state index contributed by atoms with van der Waals surface area (Å²) < 4.78 is 10.1. The van der Waals surface area contributed by atoms with Crippen LogP contribution in [0.5, 0.6) is 0 Å². The molecule has 202 valence electrons. The summed E-state index contributed by atoms with van der Waals surface area (Å²) in [4.78, 5) is 26.1. The minimum atomic E-state index is -1.38. The number of nitrogens with two attached hydrogens (primary N) is 2. The zero-order chi connectivity index (χ0) is 27.3. The highest BCUT2D eigenvalue weighted by Crippen LogP contribution is 2.45. The molecular weight excluding hydrogens is 508 g/mol. The lowest BCUT2D eigenvalue weighted by molar-refractivity contribution is -0.0588. The van der Waals surface area contributed by atoms with E-state index < -0.39 is 11.7 Å². The maximum atomic E-state index is 13.2. The quantitative estimate of drug-likeness (QED) is 0.341. The van der Waals surface area contributed by atoms with Crippen molar-refractivity contribution >= 4 is 23.6 Å². The van der Waals surface area contributed by atoms with Crippen LogP contribution in [0.4, 0.5) is 4.79 Å². The van der Waals surface area contributed by atoms with Crippen LogP contribution >= 0.6 is 11.6 Å². The molecule has 4 rings (SSSR count). The van der Waals surface area contributed by atoms with Gasteiger partial charge >= 0.3 is 6.09 Å². The fraction of sp³-hybridized carbons (Fsp3) is 0.393. The van der Waals surface area contributed by atoms with Crippen molar-refractivity contribution in [2.75, 3.05) is 19.7 Å². The van der Waals surface area contributed by atoms with E-state index in [2.05, 4.69) is 5.16 Å². The molecule has 9 nitrogen and oxygen atoms in total. The van der Waals surface area contributed by atoms with E-state index in [4.69, 9.17) is 32.3 Å². The average molecular weight is 541 g/mol. The minimum absolute atomic E-state index is 0.0636. The number of hydrogen-bond donors (Lipinski definition) is 3. The van der Waals surface area contributed by atoms with Crippen molar-refractivity contribution in [2.45, 2.75) is 44.8 Å². The number of likely N-dealkylation sites (tertiary alicyclic amines) is 1. The first-order valence-electron chi connectivity index (χ1n) is 12.7. The van der Waals surface area contributed by atoms with Gasteiger partial charge in [-0.25, -0.2) is 4.79 Å². The second kappa shape index (κ2) is 12.0. The van der Waals surface area contributed by atoms with Crippen LogP contribution in [-0.2, 0) is 16.9 Å². The number of hydrogen-bond acceptors (Lipinski definition) is 7. The topological polar surface area (TPSA) is 145 Å². The summed E-state index contributed by atoms with van der Waals surface area (Å²) in [5, 5.41) is 16.9. The number of nitrogens with zero attached hydrogens (tertiary/aromatic N) is 2. The van der Waals surface area contributed by atoms with E-state index >= 15 is 0 Å². The molecule has 1 unspecified atom stereocenters. The molecule has 1 aliphatic heterocycles. The molecule has 3 aromatic rings. The predicted molar refractivity (Wildman–Crippen MR) is 143 cm³/mol. The van der Waals surface area contributed by atoms with Crippen molar-refractivity contribution in [3.05, 3.63) is 76.1 Å². The van der Waals surface area contributed by atoms with Gasteiger partial charge in [-0.05, 0) is 49.8 Å². The number of primary amides is 1. The Bertz CT molecular complexity index is 1300. The molecule has 0 radical (unpaired) electrons. The van der Waals surface area contributed by atoms with E-state index in [1.807, 2.05) is 43.3 Å². The maximum absolute atomic E-state index is 13.2. The zero-order valence-corrected chi connectivity index (χ0v) is 22.1. The number of piperidine rings is 1. The van der Waals surface area contributed by atoms with E-state index in [0.29, 0.717) is 48.7 Å². The Morgan fingerprint density at radius 3 is 2.76 bits per heavy atom. The Morgan fingerprint density at radius 2 is 2.05 bits per heavy atom. The summed E-state index contributed by atoms with van der Waals surface area (Å²) in [5.41, 5.74) is 12.9. The first-order valence-corrected chi connectivity index (χ1v) is 13.1. The molecule has 1 aromatic heterocycles. The number of carbonyl (C=O) groups excluding carboxylic acids is 2. The van der Waals surface area contributed by atoms with Crippen LogP contribution in [0.15, 0.2) is 53.1 Å². The van der Waals surface area contributed by atoms with Crippen molar-refractivity contribution in [2.24, 2.45) is 17.4 Å². The standard InChI is InChI=1S/C28H33ClN4O5/c1-18-6-2-7-19(14-18)25-22(9-3-10-23(25)29)28(36,11-5-13-37-27(31)35)20-8-4-12-33(17-20)26(34)24-15-21(16-30)38-32-24/h2-3,6-7,9-10,14-15,20,36H,4-5,8,11-13,16-17,30H2,1H3,(H2,31,35)/t20?,28-/m0/s1. The number of aliphatic hydroxyl groups is 1. The maximum Gasteiger partial charge on any atom is 0.404 e. The molecule has 0 spiro atoms. The lowest BCUT2D eigenvalue weighted by Gasteiger charge is -2.43. The van der Waals surface area contributed by atoms with Crippen molar-refractivity contribution < 1.29 is 24.0 Å². The molecule has 5 N–H and O–H groups in total. The molecule has 10 heteroatoms. The highest BCUT2D eigenvalue weighted by Gasteiger charge is 2.43. The second-order valence-corrected chi connectivity index (χ2v) is 10.1. The van der Waals surface area contributed by atoms with E-state index in [9.17, 15) is 14.7 Å². The Balaban J connectivity index is 1.71.